The third kappa shape index (κ3) is 3.90. The maximum Gasteiger partial charge on any atom is 0.417 e. The van der Waals surface area contributed by atoms with Crippen LogP contribution in [0.1, 0.15) is 0 Å². The molecule has 0 aromatic heterocycles. The molecule has 5 nitrogen and oxygen atoms in total. The van der Waals surface area contributed by atoms with Crippen LogP contribution in [0.2, 0.25) is 0 Å². The molecule has 0 aliphatic rings. The molecular weight excluding hydrogens is 266 g/mol. The lowest BCUT2D eigenvalue weighted by molar-refractivity contribution is 0.215. The Bertz CT molecular complexity index is 601. The Balaban J connectivity index is 2.03. The second-order valence-corrected chi connectivity index (χ2v) is 4.53. The predicted molar refractivity (Wildman–Crippen MR) is 69.7 cm³/mol. The highest BCUT2D eigenvalue weighted by Crippen LogP contribution is 2.14. The van der Waals surface area contributed by atoms with Gasteiger partial charge in [0.1, 0.15) is 5.75 Å². The molecule has 0 spiro atoms. The van der Waals surface area contributed by atoms with Gasteiger partial charge in [0.2, 0.25) is 0 Å². The van der Waals surface area contributed by atoms with Crippen molar-refractivity contribution in [2.24, 2.45) is 0 Å². The van der Waals surface area contributed by atoms with E-state index in [0.29, 0.717) is 11.4 Å². The van der Waals surface area contributed by atoms with E-state index in [1.54, 1.807) is 36.4 Å². The first-order valence-corrected chi connectivity index (χ1v) is 6.46. The summed E-state index contributed by atoms with van der Waals surface area (Å²) >= 11 is -2.33. The molecule has 0 aliphatic heterocycles. The van der Waals surface area contributed by atoms with Gasteiger partial charge in [-0.1, -0.05) is 24.3 Å². The number of ether oxygens (including phenoxy) is 1. The molecule has 0 heterocycles. The summed E-state index contributed by atoms with van der Waals surface area (Å²) in [6.45, 7) is 0. The van der Waals surface area contributed by atoms with Gasteiger partial charge in [-0.25, -0.2) is 4.79 Å². The van der Waals surface area contributed by atoms with Gasteiger partial charge in [-0.2, -0.15) is 0 Å². The zero-order valence-electron chi connectivity index (χ0n) is 9.74. The Kier molecular flexibility index (Phi) is 4.27. The summed E-state index contributed by atoms with van der Waals surface area (Å²) in [5.41, 5.74) is 0.350. The summed E-state index contributed by atoms with van der Waals surface area (Å²) in [5.74, 6) is 0.406. The van der Waals surface area contributed by atoms with E-state index in [9.17, 15) is 13.6 Å². The van der Waals surface area contributed by atoms with Gasteiger partial charge in [0.05, 0.1) is 0 Å². The van der Waals surface area contributed by atoms with Crippen LogP contribution < -0.4 is 10.1 Å². The first-order chi connectivity index (χ1) is 9.15. The van der Waals surface area contributed by atoms with Gasteiger partial charge in [-0.3, -0.25) is 9.53 Å². The zero-order valence-corrected chi connectivity index (χ0v) is 10.6. The predicted octanol–water partition coefficient (Wildman–Crippen LogP) is 2.54. The van der Waals surface area contributed by atoms with Gasteiger partial charge in [-0.05, 0) is 41.4 Å². The van der Waals surface area contributed by atoms with Crippen LogP contribution in [0, 0.1) is 0 Å². The molecule has 2 aromatic carbocycles. The third-order valence-corrected chi connectivity index (χ3v) is 2.87. The topological polar surface area (TPSA) is 78.5 Å². The highest BCUT2D eigenvalue weighted by atomic mass is 32.2. The minimum absolute atomic E-state index is 0.0949. The molecule has 1 atom stereocenters. The maximum absolute atomic E-state index is 11.6. The van der Waals surface area contributed by atoms with Crippen molar-refractivity contribution >= 4 is 22.9 Å². The number of carbonyl (C=O) groups is 1. The van der Waals surface area contributed by atoms with E-state index in [4.69, 9.17) is 4.74 Å². The van der Waals surface area contributed by atoms with E-state index in [-0.39, 0.29) is 4.90 Å². The molecule has 0 fully saturated rings. The number of para-hydroxylation sites is 1. The number of benzene rings is 2. The average molecular weight is 276 g/mol. The lowest BCUT2D eigenvalue weighted by Gasteiger charge is -2.09. The van der Waals surface area contributed by atoms with Crippen molar-refractivity contribution in [1.29, 1.82) is 0 Å². The van der Waals surface area contributed by atoms with Crippen molar-refractivity contribution in [3.63, 3.8) is 0 Å². The van der Waals surface area contributed by atoms with Crippen molar-refractivity contribution in [3.05, 3.63) is 54.6 Å². The average Bonchev–Trinajstić information content (AvgIpc) is 2.40. The van der Waals surface area contributed by atoms with Crippen molar-refractivity contribution in [2.75, 3.05) is 5.32 Å². The monoisotopic (exact) mass is 276 g/mol. The van der Waals surface area contributed by atoms with Crippen LogP contribution in [0.5, 0.6) is 5.75 Å². The number of amides is 1. The Hall–Kier alpha value is -2.18. The highest BCUT2D eigenvalue weighted by molar-refractivity contribution is 7.79. The van der Waals surface area contributed by atoms with E-state index in [1.165, 1.54) is 18.2 Å². The Morgan fingerprint density at radius 1 is 1.11 bits per heavy atom. The van der Waals surface area contributed by atoms with Gasteiger partial charge in [0.15, 0.2) is 0 Å². The number of nitrogens with one attached hydrogen (secondary N) is 1. The fraction of sp³-hybridized carbons (Fsp3) is 0. The molecule has 98 valence electrons. The summed E-state index contributed by atoms with van der Waals surface area (Å²) in [6, 6.07) is 14.4. The molecular formula is C13H10NO4S-. The maximum atomic E-state index is 11.6. The highest BCUT2D eigenvalue weighted by Gasteiger charge is 2.05. The normalized spacial score (nSPS) is 11.6. The van der Waals surface area contributed by atoms with Crippen LogP contribution in [-0.2, 0) is 11.1 Å². The van der Waals surface area contributed by atoms with E-state index in [2.05, 4.69) is 5.32 Å². The third-order valence-electron chi connectivity index (χ3n) is 2.23. The summed E-state index contributed by atoms with van der Waals surface area (Å²) in [4.78, 5) is 11.7. The lowest BCUT2D eigenvalue weighted by atomic mass is 10.3. The van der Waals surface area contributed by atoms with Crippen LogP contribution in [0.4, 0.5) is 10.5 Å². The van der Waals surface area contributed by atoms with Gasteiger partial charge < -0.3 is 9.29 Å². The molecule has 0 radical (unpaired) electrons. The fourth-order valence-electron chi connectivity index (χ4n) is 1.42. The Morgan fingerprint density at radius 2 is 1.84 bits per heavy atom. The van der Waals surface area contributed by atoms with Crippen LogP contribution >= 0.6 is 0 Å². The minimum atomic E-state index is -2.33. The van der Waals surface area contributed by atoms with E-state index < -0.39 is 17.2 Å². The molecule has 0 aliphatic carbocycles. The summed E-state index contributed by atoms with van der Waals surface area (Å²) in [5, 5.41) is 2.45. The molecule has 0 bridgehead atoms. The standard InChI is InChI=1S/C13H11NO4S/c15-13(18-11-6-2-1-3-7-11)14-10-5-4-8-12(9-10)19(16)17/h1-9H,(H,14,15)(H,16,17)/p-1. The van der Waals surface area contributed by atoms with Crippen LogP contribution in [0.3, 0.4) is 0 Å². The van der Waals surface area contributed by atoms with Gasteiger partial charge >= 0.3 is 6.09 Å². The molecule has 2 aromatic rings. The Labute approximate surface area is 112 Å². The summed E-state index contributed by atoms with van der Waals surface area (Å²) in [6.07, 6.45) is -0.681. The first kappa shape index (κ1) is 13.3. The lowest BCUT2D eigenvalue weighted by Crippen LogP contribution is -2.16. The first-order valence-electron chi connectivity index (χ1n) is 5.38. The number of anilines is 1. The molecule has 1 amide bonds. The molecule has 1 N–H and O–H groups in total. The van der Waals surface area contributed by atoms with Gasteiger partial charge in [-0.15, -0.1) is 0 Å². The molecule has 19 heavy (non-hydrogen) atoms. The van der Waals surface area contributed by atoms with Crippen LogP contribution in [-0.4, -0.2) is 14.9 Å². The number of carbonyl (C=O) groups excluding carboxylic acids is 1. The molecule has 0 saturated heterocycles. The Morgan fingerprint density at radius 3 is 2.53 bits per heavy atom. The zero-order chi connectivity index (χ0) is 13.7. The van der Waals surface area contributed by atoms with E-state index in [1.807, 2.05) is 0 Å². The van der Waals surface area contributed by atoms with Gasteiger partial charge in [0.25, 0.3) is 0 Å². The largest absolute Gasteiger partial charge is 0.768 e. The second-order valence-electron chi connectivity index (χ2n) is 3.59. The molecule has 6 heteroatoms. The smallest absolute Gasteiger partial charge is 0.417 e. The van der Waals surface area contributed by atoms with Crippen LogP contribution in [0.15, 0.2) is 59.5 Å². The quantitative estimate of drug-likeness (QED) is 0.874. The second kappa shape index (κ2) is 6.12. The van der Waals surface area contributed by atoms with Crippen molar-refractivity contribution in [3.8, 4) is 5.75 Å². The minimum Gasteiger partial charge on any atom is -0.768 e. The fourth-order valence-corrected chi connectivity index (χ4v) is 1.83. The van der Waals surface area contributed by atoms with Crippen molar-refractivity contribution < 1.29 is 18.3 Å². The number of rotatable bonds is 3. The number of hydrogen-bond acceptors (Lipinski definition) is 4. The number of hydrogen-bond donors (Lipinski definition) is 1. The van der Waals surface area contributed by atoms with Gasteiger partial charge in [0, 0.05) is 10.6 Å². The molecule has 2 rings (SSSR count). The van der Waals surface area contributed by atoms with Crippen molar-refractivity contribution in [2.45, 2.75) is 4.90 Å². The van der Waals surface area contributed by atoms with E-state index in [0.717, 1.165) is 0 Å². The van der Waals surface area contributed by atoms with Crippen molar-refractivity contribution in [1.82, 2.24) is 0 Å². The molecule has 1 unspecified atom stereocenters. The summed E-state index contributed by atoms with van der Waals surface area (Å²) < 4.78 is 26.6. The van der Waals surface area contributed by atoms with Crippen LogP contribution in [0.25, 0.3) is 0 Å². The SMILES string of the molecule is O=C(Nc1cccc(S(=O)[O-])c1)Oc1ccccc1. The molecule has 0 saturated carbocycles. The van der Waals surface area contributed by atoms with E-state index >= 15 is 0 Å². The summed E-state index contributed by atoms with van der Waals surface area (Å²) in [7, 11) is 0.